The van der Waals surface area contributed by atoms with Crippen LogP contribution in [-0.4, -0.2) is 13.1 Å². The van der Waals surface area contributed by atoms with Crippen molar-refractivity contribution in [1.29, 1.82) is 0 Å². The van der Waals surface area contributed by atoms with Gasteiger partial charge in [-0.05, 0) is 62.4 Å². The van der Waals surface area contributed by atoms with Crippen molar-refractivity contribution >= 4 is 0 Å². The Balaban J connectivity index is 1.99. The molecule has 70 valence electrons. The molecule has 12 heavy (non-hydrogen) atoms. The minimum absolute atomic E-state index is 0.834. The topological polar surface area (TPSA) is 52.0 Å². The van der Waals surface area contributed by atoms with Gasteiger partial charge in [-0.15, -0.1) is 0 Å². The van der Waals surface area contributed by atoms with E-state index in [9.17, 15) is 0 Å². The van der Waals surface area contributed by atoms with Crippen molar-refractivity contribution < 1.29 is 0 Å². The summed E-state index contributed by atoms with van der Waals surface area (Å²) in [6, 6.07) is 0. The lowest BCUT2D eigenvalue weighted by atomic mass is 9.87. The van der Waals surface area contributed by atoms with Crippen molar-refractivity contribution in [1.82, 2.24) is 0 Å². The van der Waals surface area contributed by atoms with Crippen LogP contribution in [-0.2, 0) is 0 Å². The van der Waals surface area contributed by atoms with E-state index < -0.39 is 0 Å². The van der Waals surface area contributed by atoms with E-state index in [1.807, 2.05) is 0 Å². The van der Waals surface area contributed by atoms with Crippen LogP contribution in [0.5, 0.6) is 0 Å². The summed E-state index contributed by atoms with van der Waals surface area (Å²) < 4.78 is 0. The molecule has 0 heterocycles. The number of rotatable bonds is 3. The van der Waals surface area contributed by atoms with Crippen LogP contribution in [0.3, 0.4) is 0 Å². The summed E-state index contributed by atoms with van der Waals surface area (Å²) in [6.45, 7) is 1.77. The number of fused-ring (bicyclic) bond motifs is 2. The molecule has 2 nitrogen and oxygen atoms in total. The highest BCUT2D eigenvalue weighted by atomic mass is 14.6. The van der Waals surface area contributed by atoms with E-state index in [0.29, 0.717) is 0 Å². The quantitative estimate of drug-likeness (QED) is 0.659. The zero-order valence-electron chi connectivity index (χ0n) is 7.71. The maximum Gasteiger partial charge on any atom is -0.00460 e. The lowest BCUT2D eigenvalue weighted by Gasteiger charge is -2.20. The van der Waals surface area contributed by atoms with Crippen LogP contribution in [0.1, 0.15) is 25.7 Å². The first-order valence-corrected chi connectivity index (χ1v) is 5.27. The molecule has 2 rings (SSSR count). The van der Waals surface area contributed by atoms with E-state index in [1.165, 1.54) is 25.7 Å². The first-order valence-electron chi connectivity index (χ1n) is 5.27. The zero-order valence-corrected chi connectivity index (χ0v) is 7.71. The largest absolute Gasteiger partial charge is 0.330 e. The second-order valence-electron chi connectivity index (χ2n) is 4.47. The number of nitrogens with two attached hydrogens (primary N) is 2. The Bertz CT molecular complexity index is 158. The highest BCUT2D eigenvalue weighted by Crippen LogP contribution is 2.53. The molecule has 4 atom stereocenters. The third-order valence-electron chi connectivity index (χ3n) is 4.04. The molecule has 2 heteroatoms. The summed E-state index contributed by atoms with van der Waals surface area (Å²) in [5, 5.41) is 0. The average molecular weight is 168 g/mol. The van der Waals surface area contributed by atoms with Gasteiger partial charge in [-0.1, -0.05) is 0 Å². The van der Waals surface area contributed by atoms with E-state index in [-0.39, 0.29) is 0 Å². The third kappa shape index (κ3) is 1.17. The van der Waals surface area contributed by atoms with Crippen LogP contribution < -0.4 is 11.5 Å². The second kappa shape index (κ2) is 3.35. The first-order chi connectivity index (χ1) is 5.86. The molecule has 2 aliphatic carbocycles. The molecule has 0 aromatic rings. The third-order valence-corrected chi connectivity index (χ3v) is 4.04. The van der Waals surface area contributed by atoms with Gasteiger partial charge < -0.3 is 11.5 Å². The fraction of sp³-hybridized carbons (Fsp3) is 1.00. The molecule has 2 aliphatic rings. The van der Waals surface area contributed by atoms with Gasteiger partial charge in [0.05, 0.1) is 0 Å². The van der Waals surface area contributed by atoms with Gasteiger partial charge in [-0.2, -0.15) is 0 Å². The normalized spacial score (nSPS) is 45.5. The summed E-state index contributed by atoms with van der Waals surface area (Å²) >= 11 is 0. The van der Waals surface area contributed by atoms with Gasteiger partial charge in [0.1, 0.15) is 0 Å². The molecule has 4 N–H and O–H groups in total. The predicted octanol–water partition coefficient (Wildman–Crippen LogP) is 0.956. The summed E-state index contributed by atoms with van der Waals surface area (Å²) in [5.74, 6) is 3.68. The van der Waals surface area contributed by atoms with Crippen molar-refractivity contribution in [3.63, 3.8) is 0 Å². The second-order valence-corrected chi connectivity index (χ2v) is 4.47. The maximum absolute atomic E-state index is 5.75. The Morgan fingerprint density at radius 3 is 2.58 bits per heavy atom. The van der Waals surface area contributed by atoms with E-state index in [1.54, 1.807) is 0 Å². The molecule has 2 saturated carbocycles. The molecule has 0 saturated heterocycles. The minimum Gasteiger partial charge on any atom is -0.330 e. The molecule has 2 fully saturated rings. The summed E-state index contributed by atoms with van der Waals surface area (Å²) in [4.78, 5) is 0. The van der Waals surface area contributed by atoms with E-state index in [4.69, 9.17) is 11.5 Å². The lowest BCUT2D eigenvalue weighted by Crippen LogP contribution is -2.22. The van der Waals surface area contributed by atoms with Crippen LogP contribution in [0.2, 0.25) is 0 Å². The van der Waals surface area contributed by atoms with Crippen LogP contribution in [0.15, 0.2) is 0 Å². The molecular weight excluding hydrogens is 148 g/mol. The summed E-state index contributed by atoms with van der Waals surface area (Å²) in [5.41, 5.74) is 11.4. The van der Waals surface area contributed by atoms with Gasteiger partial charge in [0.2, 0.25) is 0 Å². The van der Waals surface area contributed by atoms with Crippen LogP contribution in [0.25, 0.3) is 0 Å². The molecule has 4 unspecified atom stereocenters. The smallest absolute Gasteiger partial charge is 0.00460 e. The van der Waals surface area contributed by atoms with Crippen molar-refractivity contribution in [3.05, 3.63) is 0 Å². The van der Waals surface area contributed by atoms with Gasteiger partial charge in [-0.25, -0.2) is 0 Å². The van der Waals surface area contributed by atoms with Crippen LogP contribution in [0.4, 0.5) is 0 Å². The molecule has 0 radical (unpaired) electrons. The van der Waals surface area contributed by atoms with Gasteiger partial charge in [-0.3, -0.25) is 0 Å². The Labute approximate surface area is 74.7 Å². The summed E-state index contributed by atoms with van der Waals surface area (Å²) in [6.07, 6.45) is 5.51. The fourth-order valence-electron chi connectivity index (χ4n) is 3.54. The van der Waals surface area contributed by atoms with Crippen molar-refractivity contribution in [2.24, 2.45) is 35.1 Å². The SMILES string of the molecule is NCCC1C2CCC1C(CN)C2. The Morgan fingerprint density at radius 1 is 1.17 bits per heavy atom. The highest BCUT2D eigenvalue weighted by molar-refractivity contribution is 4.96. The number of hydrogen-bond acceptors (Lipinski definition) is 2. The molecule has 0 aliphatic heterocycles. The van der Waals surface area contributed by atoms with Gasteiger partial charge >= 0.3 is 0 Å². The van der Waals surface area contributed by atoms with Crippen LogP contribution in [0, 0.1) is 23.7 Å². The maximum atomic E-state index is 5.75. The Kier molecular flexibility index (Phi) is 2.37. The van der Waals surface area contributed by atoms with E-state index in [0.717, 1.165) is 36.8 Å². The zero-order chi connectivity index (χ0) is 8.55. The van der Waals surface area contributed by atoms with Gasteiger partial charge in [0.25, 0.3) is 0 Å². The van der Waals surface area contributed by atoms with Crippen LogP contribution >= 0.6 is 0 Å². The lowest BCUT2D eigenvalue weighted by molar-refractivity contribution is 0.318. The molecular formula is C10H20N2. The van der Waals surface area contributed by atoms with Crippen molar-refractivity contribution in [3.8, 4) is 0 Å². The molecule has 0 spiro atoms. The predicted molar refractivity (Wildman–Crippen MR) is 50.5 cm³/mol. The molecule has 0 aromatic heterocycles. The van der Waals surface area contributed by atoms with E-state index in [2.05, 4.69) is 0 Å². The monoisotopic (exact) mass is 168 g/mol. The van der Waals surface area contributed by atoms with Crippen molar-refractivity contribution in [2.45, 2.75) is 25.7 Å². The standard InChI is InChI=1S/C10H20N2/c11-4-3-10-7-1-2-9(10)8(5-7)6-12/h7-10H,1-6,11-12H2. The Morgan fingerprint density at radius 2 is 2.00 bits per heavy atom. The number of hydrogen-bond donors (Lipinski definition) is 2. The van der Waals surface area contributed by atoms with Crippen molar-refractivity contribution in [2.75, 3.05) is 13.1 Å². The first kappa shape index (κ1) is 8.52. The fourth-order valence-corrected chi connectivity index (χ4v) is 3.54. The van der Waals surface area contributed by atoms with Gasteiger partial charge in [0, 0.05) is 0 Å². The minimum atomic E-state index is 0.834. The van der Waals surface area contributed by atoms with E-state index >= 15 is 0 Å². The highest BCUT2D eigenvalue weighted by Gasteiger charge is 2.46. The summed E-state index contributed by atoms with van der Waals surface area (Å²) in [7, 11) is 0. The average Bonchev–Trinajstić information content (AvgIpc) is 2.63. The molecule has 2 bridgehead atoms. The molecule has 0 aromatic carbocycles. The molecule has 0 amide bonds. The van der Waals surface area contributed by atoms with Gasteiger partial charge in [0.15, 0.2) is 0 Å². The Hall–Kier alpha value is -0.0800.